The molecule has 2 rings (SSSR count). The molecule has 0 unspecified atom stereocenters. The molecule has 0 bridgehead atoms. The summed E-state index contributed by atoms with van der Waals surface area (Å²) < 4.78 is 18.0. The SMILES string of the molecule is Cc1n[nH]c(C)c1CCOC(=O)c1cncc(F)c1. The molecule has 0 saturated heterocycles. The van der Waals surface area contributed by atoms with E-state index in [0.29, 0.717) is 6.42 Å². The molecule has 0 spiro atoms. The number of carbonyl (C=O) groups excluding carboxylic acids is 1. The van der Waals surface area contributed by atoms with E-state index in [-0.39, 0.29) is 12.2 Å². The fourth-order valence-electron chi connectivity index (χ4n) is 1.80. The van der Waals surface area contributed by atoms with Crippen molar-refractivity contribution in [3.63, 3.8) is 0 Å². The molecule has 1 N–H and O–H groups in total. The largest absolute Gasteiger partial charge is 0.462 e. The van der Waals surface area contributed by atoms with Crippen LogP contribution in [-0.2, 0) is 11.2 Å². The predicted molar refractivity (Wildman–Crippen MR) is 66.2 cm³/mol. The standard InChI is InChI=1S/C13H14FN3O2/c1-8-12(9(2)17-16-8)3-4-19-13(18)10-5-11(14)7-15-6-10/h5-7H,3-4H2,1-2H3,(H,16,17). The van der Waals surface area contributed by atoms with Crippen LogP contribution in [0.4, 0.5) is 4.39 Å². The lowest BCUT2D eigenvalue weighted by molar-refractivity contribution is 0.0508. The monoisotopic (exact) mass is 263 g/mol. The normalized spacial score (nSPS) is 10.5. The zero-order valence-corrected chi connectivity index (χ0v) is 10.7. The Morgan fingerprint density at radius 2 is 2.21 bits per heavy atom. The topological polar surface area (TPSA) is 67.9 Å². The summed E-state index contributed by atoms with van der Waals surface area (Å²) in [5, 5.41) is 6.92. The highest BCUT2D eigenvalue weighted by atomic mass is 19.1. The maximum absolute atomic E-state index is 12.9. The molecule has 0 saturated carbocycles. The molecule has 0 radical (unpaired) electrons. The van der Waals surface area contributed by atoms with E-state index < -0.39 is 11.8 Å². The molecule has 0 amide bonds. The van der Waals surface area contributed by atoms with Crippen LogP contribution in [-0.4, -0.2) is 27.8 Å². The van der Waals surface area contributed by atoms with E-state index in [1.807, 2.05) is 13.8 Å². The zero-order chi connectivity index (χ0) is 13.8. The van der Waals surface area contributed by atoms with E-state index in [1.165, 1.54) is 6.20 Å². The van der Waals surface area contributed by atoms with E-state index in [0.717, 1.165) is 29.2 Å². The second-order valence-corrected chi connectivity index (χ2v) is 4.19. The maximum Gasteiger partial charge on any atom is 0.339 e. The van der Waals surface area contributed by atoms with Crippen molar-refractivity contribution in [1.82, 2.24) is 15.2 Å². The third-order valence-corrected chi connectivity index (χ3v) is 2.81. The molecule has 2 aromatic heterocycles. The van der Waals surface area contributed by atoms with Gasteiger partial charge in [0.1, 0.15) is 5.82 Å². The maximum atomic E-state index is 12.9. The van der Waals surface area contributed by atoms with Crippen molar-refractivity contribution in [3.8, 4) is 0 Å². The van der Waals surface area contributed by atoms with Gasteiger partial charge in [-0.25, -0.2) is 9.18 Å². The van der Waals surface area contributed by atoms with E-state index in [2.05, 4.69) is 15.2 Å². The Hall–Kier alpha value is -2.24. The average molecular weight is 263 g/mol. The number of rotatable bonds is 4. The number of carbonyl (C=O) groups is 1. The first kappa shape index (κ1) is 13.2. The first-order valence-electron chi connectivity index (χ1n) is 5.86. The van der Waals surface area contributed by atoms with Crippen LogP contribution in [0.25, 0.3) is 0 Å². The Kier molecular flexibility index (Phi) is 3.89. The van der Waals surface area contributed by atoms with Gasteiger partial charge in [0.25, 0.3) is 0 Å². The number of nitrogens with one attached hydrogen (secondary N) is 1. The molecule has 2 aromatic rings. The molecule has 0 fully saturated rings. The molecular formula is C13H14FN3O2. The molecule has 0 aliphatic carbocycles. The fraction of sp³-hybridized carbons (Fsp3) is 0.308. The van der Waals surface area contributed by atoms with Gasteiger partial charge in [-0.1, -0.05) is 0 Å². The zero-order valence-electron chi connectivity index (χ0n) is 10.7. The van der Waals surface area contributed by atoms with Crippen LogP contribution >= 0.6 is 0 Å². The number of ether oxygens (including phenoxy) is 1. The fourth-order valence-corrected chi connectivity index (χ4v) is 1.80. The minimum absolute atomic E-state index is 0.112. The Labute approximate surface area is 109 Å². The van der Waals surface area contributed by atoms with Crippen LogP contribution in [0, 0.1) is 19.7 Å². The van der Waals surface area contributed by atoms with Gasteiger partial charge in [-0.2, -0.15) is 5.10 Å². The van der Waals surface area contributed by atoms with Gasteiger partial charge in [0, 0.05) is 18.3 Å². The molecule has 6 heteroatoms. The van der Waals surface area contributed by atoms with E-state index in [4.69, 9.17) is 4.74 Å². The first-order valence-corrected chi connectivity index (χ1v) is 5.86. The Morgan fingerprint density at radius 1 is 1.42 bits per heavy atom. The third-order valence-electron chi connectivity index (χ3n) is 2.81. The second-order valence-electron chi connectivity index (χ2n) is 4.19. The summed E-state index contributed by atoms with van der Waals surface area (Å²) in [6.07, 6.45) is 2.89. The molecule has 19 heavy (non-hydrogen) atoms. The predicted octanol–water partition coefficient (Wildman–Crippen LogP) is 1.96. The van der Waals surface area contributed by atoms with Crippen molar-refractivity contribution in [2.45, 2.75) is 20.3 Å². The van der Waals surface area contributed by atoms with E-state index >= 15 is 0 Å². The molecule has 0 aromatic carbocycles. The number of hydrogen-bond donors (Lipinski definition) is 1. The highest BCUT2D eigenvalue weighted by Crippen LogP contribution is 2.10. The average Bonchev–Trinajstić information content (AvgIpc) is 2.70. The number of H-pyrrole nitrogens is 1. The molecule has 2 heterocycles. The number of halogens is 1. The number of pyridine rings is 1. The van der Waals surface area contributed by atoms with Crippen LogP contribution in [0.3, 0.4) is 0 Å². The van der Waals surface area contributed by atoms with Crippen LogP contribution in [0.5, 0.6) is 0 Å². The molecular weight excluding hydrogens is 249 g/mol. The minimum atomic E-state index is -0.578. The number of aromatic nitrogens is 3. The van der Waals surface area contributed by atoms with Crippen molar-refractivity contribution in [3.05, 3.63) is 46.8 Å². The van der Waals surface area contributed by atoms with Crippen molar-refractivity contribution < 1.29 is 13.9 Å². The number of nitrogens with zero attached hydrogens (tertiary/aromatic N) is 2. The second kappa shape index (κ2) is 5.60. The smallest absolute Gasteiger partial charge is 0.339 e. The summed E-state index contributed by atoms with van der Waals surface area (Å²) >= 11 is 0. The van der Waals surface area contributed by atoms with Gasteiger partial charge >= 0.3 is 5.97 Å². The lowest BCUT2D eigenvalue weighted by Crippen LogP contribution is -2.09. The van der Waals surface area contributed by atoms with Crippen molar-refractivity contribution in [1.29, 1.82) is 0 Å². The van der Waals surface area contributed by atoms with E-state index in [1.54, 1.807) is 0 Å². The van der Waals surface area contributed by atoms with Crippen LogP contribution in [0.2, 0.25) is 0 Å². The van der Waals surface area contributed by atoms with Gasteiger partial charge in [0.2, 0.25) is 0 Å². The minimum Gasteiger partial charge on any atom is -0.462 e. The van der Waals surface area contributed by atoms with Crippen molar-refractivity contribution in [2.24, 2.45) is 0 Å². The van der Waals surface area contributed by atoms with Gasteiger partial charge in [-0.05, 0) is 25.5 Å². The highest BCUT2D eigenvalue weighted by molar-refractivity contribution is 5.88. The summed E-state index contributed by atoms with van der Waals surface area (Å²) in [5.41, 5.74) is 2.99. The number of aryl methyl sites for hydroxylation is 2. The number of aromatic amines is 1. The summed E-state index contributed by atoms with van der Waals surface area (Å²) in [4.78, 5) is 15.2. The van der Waals surface area contributed by atoms with E-state index in [9.17, 15) is 9.18 Å². The first-order chi connectivity index (χ1) is 9.08. The van der Waals surface area contributed by atoms with Gasteiger partial charge in [0.15, 0.2) is 0 Å². The Bertz CT molecular complexity index is 576. The van der Waals surface area contributed by atoms with Crippen LogP contribution in [0.15, 0.2) is 18.5 Å². The van der Waals surface area contributed by atoms with Gasteiger partial charge < -0.3 is 4.74 Å². The third kappa shape index (κ3) is 3.15. The van der Waals surface area contributed by atoms with Crippen LogP contribution < -0.4 is 0 Å². The molecule has 0 atom stereocenters. The summed E-state index contributed by atoms with van der Waals surface area (Å²) in [6, 6.07) is 1.10. The van der Waals surface area contributed by atoms with Gasteiger partial charge in [0.05, 0.1) is 24.1 Å². The lowest BCUT2D eigenvalue weighted by atomic mass is 10.1. The Balaban J connectivity index is 1.91. The summed E-state index contributed by atoms with van der Waals surface area (Å²) in [6.45, 7) is 4.02. The van der Waals surface area contributed by atoms with Crippen molar-refractivity contribution in [2.75, 3.05) is 6.61 Å². The van der Waals surface area contributed by atoms with Gasteiger partial charge in [-0.15, -0.1) is 0 Å². The van der Waals surface area contributed by atoms with Crippen LogP contribution in [0.1, 0.15) is 27.3 Å². The van der Waals surface area contributed by atoms with Crippen molar-refractivity contribution >= 4 is 5.97 Å². The quantitative estimate of drug-likeness (QED) is 0.856. The summed E-state index contributed by atoms with van der Waals surface area (Å²) in [7, 11) is 0. The highest BCUT2D eigenvalue weighted by Gasteiger charge is 2.10. The number of esters is 1. The van der Waals surface area contributed by atoms with Gasteiger partial charge in [-0.3, -0.25) is 10.1 Å². The molecule has 100 valence electrons. The Morgan fingerprint density at radius 3 is 2.84 bits per heavy atom. The molecule has 5 nitrogen and oxygen atoms in total. The molecule has 0 aliphatic heterocycles. The molecule has 0 aliphatic rings. The number of hydrogen-bond acceptors (Lipinski definition) is 4. The lowest BCUT2D eigenvalue weighted by Gasteiger charge is -2.05. The summed E-state index contributed by atoms with van der Waals surface area (Å²) in [5.74, 6) is -1.14.